The van der Waals surface area contributed by atoms with Crippen molar-refractivity contribution < 1.29 is 8.83 Å². The molecule has 0 saturated carbocycles. The van der Waals surface area contributed by atoms with E-state index in [1.165, 1.54) is 20.2 Å². The van der Waals surface area contributed by atoms with Crippen molar-refractivity contribution in [2.75, 3.05) is 0 Å². The lowest BCUT2D eigenvalue weighted by Gasteiger charge is -2.09. The highest BCUT2D eigenvalue weighted by molar-refractivity contribution is 7.25. The molecular weight excluding hydrogens is 647 g/mol. The van der Waals surface area contributed by atoms with Crippen molar-refractivity contribution in [1.29, 1.82) is 0 Å². The number of benzene rings is 7. The Balaban J connectivity index is 1.11. The van der Waals surface area contributed by atoms with E-state index in [9.17, 15) is 0 Å². The minimum absolute atomic E-state index is 0.600. The van der Waals surface area contributed by atoms with E-state index in [1.54, 1.807) is 11.3 Å². The number of hydrogen-bond acceptors (Lipinski definition) is 6. The Hall–Kier alpha value is -6.63. The molecule has 6 heteroatoms. The minimum atomic E-state index is 0.600. The van der Waals surface area contributed by atoms with Crippen molar-refractivity contribution in [1.82, 2.24) is 15.0 Å². The summed E-state index contributed by atoms with van der Waals surface area (Å²) in [5, 5.41) is 6.71. The van der Waals surface area contributed by atoms with E-state index >= 15 is 0 Å². The quantitative estimate of drug-likeness (QED) is 0.186. The average molecular weight is 672 g/mol. The van der Waals surface area contributed by atoms with Crippen LogP contribution in [0.2, 0.25) is 0 Å². The fourth-order valence-electron chi connectivity index (χ4n) is 7.37. The Kier molecular flexibility index (Phi) is 6.05. The van der Waals surface area contributed by atoms with Gasteiger partial charge in [0, 0.05) is 64.0 Å². The normalized spacial score (nSPS) is 11.9. The summed E-state index contributed by atoms with van der Waals surface area (Å²) in [5.41, 5.74) is 8.17. The summed E-state index contributed by atoms with van der Waals surface area (Å²) in [6.07, 6.45) is 0. The predicted octanol–water partition coefficient (Wildman–Crippen LogP) is 12.7. The molecule has 5 nitrogen and oxygen atoms in total. The summed E-state index contributed by atoms with van der Waals surface area (Å²) in [5.74, 6) is 1.86. The van der Waals surface area contributed by atoms with Gasteiger partial charge in [0.25, 0.3) is 0 Å². The molecule has 0 N–H and O–H groups in total. The molecule has 4 aromatic heterocycles. The van der Waals surface area contributed by atoms with Crippen LogP contribution in [-0.4, -0.2) is 15.0 Å². The van der Waals surface area contributed by atoms with E-state index in [0.29, 0.717) is 17.5 Å². The lowest BCUT2D eigenvalue weighted by molar-refractivity contribution is 0.668. The van der Waals surface area contributed by atoms with Crippen molar-refractivity contribution >= 4 is 75.4 Å². The molecule has 7 aromatic carbocycles. The highest BCUT2D eigenvalue weighted by atomic mass is 32.1. The molecule has 0 aliphatic rings. The number of thiophene rings is 1. The summed E-state index contributed by atoms with van der Waals surface area (Å²) in [6, 6.07) is 52.1. The van der Waals surface area contributed by atoms with Crippen LogP contribution in [0.25, 0.3) is 109 Å². The van der Waals surface area contributed by atoms with Crippen molar-refractivity contribution in [3.8, 4) is 45.3 Å². The zero-order valence-electron chi connectivity index (χ0n) is 27.0. The Labute approximate surface area is 295 Å². The minimum Gasteiger partial charge on any atom is -0.456 e. The molecule has 0 saturated heterocycles. The van der Waals surface area contributed by atoms with Gasteiger partial charge in [0.1, 0.15) is 22.3 Å². The van der Waals surface area contributed by atoms with Crippen LogP contribution in [0, 0.1) is 0 Å². The van der Waals surface area contributed by atoms with Crippen LogP contribution in [0.3, 0.4) is 0 Å². The Morgan fingerprint density at radius 1 is 0.373 bits per heavy atom. The van der Waals surface area contributed by atoms with Gasteiger partial charge in [-0.2, -0.15) is 0 Å². The highest BCUT2D eigenvalue weighted by Gasteiger charge is 2.19. The molecule has 0 fully saturated rings. The van der Waals surface area contributed by atoms with Crippen LogP contribution >= 0.6 is 11.3 Å². The first-order chi connectivity index (χ1) is 25.2. The summed E-state index contributed by atoms with van der Waals surface area (Å²) in [4.78, 5) is 15.2. The Morgan fingerprint density at radius 3 is 1.88 bits per heavy atom. The third kappa shape index (κ3) is 4.43. The molecule has 0 atom stereocenters. The number of rotatable bonds is 4. The molecule has 0 aliphatic heterocycles. The molecule has 0 radical (unpaired) electrons. The van der Waals surface area contributed by atoms with E-state index in [0.717, 1.165) is 71.7 Å². The number of hydrogen-bond donors (Lipinski definition) is 0. The van der Waals surface area contributed by atoms with Crippen molar-refractivity contribution in [2.45, 2.75) is 0 Å². The van der Waals surface area contributed by atoms with Crippen LogP contribution in [0.4, 0.5) is 0 Å². The number of aromatic nitrogens is 3. The molecule has 0 amide bonds. The smallest absolute Gasteiger partial charge is 0.164 e. The second-order valence-electron chi connectivity index (χ2n) is 12.8. The van der Waals surface area contributed by atoms with Gasteiger partial charge in [0.15, 0.2) is 17.5 Å². The van der Waals surface area contributed by atoms with Gasteiger partial charge in [-0.3, -0.25) is 0 Å². The monoisotopic (exact) mass is 671 g/mol. The van der Waals surface area contributed by atoms with Crippen LogP contribution in [0.5, 0.6) is 0 Å². The Morgan fingerprint density at radius 2 is 1.00 bits per heavy atom. The first-order valence-electron chi connectivity index (χ1n) is 16.8. The molecule has 11 aromatic rings. The van der Waals surface area contributed by atoms with Gasteiger partial charge in [0.2, 0.25) is 0 Å². The van der Waals surface area contributed by atoms with Crippen LogP contribution in [0.15, 0.2) is 160 Å². The summed E-state index contributed by atoms with van der Waals surface area (Å²) >= 11 is 1.79. The van der Waals surface area contributed by atoms with Crippen LogP contribution in [0.1, 0.15) is 0 Å². The van der Waals surface area contributed by atoms with Crippen LogP contribution < -0.4 is 0 Å². The summed E-state index contributed by atoms with van der Waals surface area (Å²) < 4.78 is 15.4. The molecule has 51 heavy (non-hydrogen) atoms. The van der Waals surface area contributed by atoms with E-state index in [2.05, 4.69) is 78.9 Å². The number of nitrogens with zero attached hydrogens (tertiary/aromatic N) is 3. The van der Waals surface area contributed by atoms with Gasteiger partial charge in [-0.1, -0.05) is 109 Å². The van der Waals surface area contributed by atoms with Crippen molar-refractivity contribution in [2.24, 2.45) is 0 Å². The fraction of sp³-hybridized carbons (Fsp3) is 0. The highest BCUT2D eigenvalue weighted by Crippen LogP contribution is 2.43. The third-order valence-corrected chi connectivity index (χ3v) is 10.9. The number of para-hydroxylation sites is 2. The molecule has 11 rings (SSSR count). The van der Waals surface area contributed by atoms with E-state index in [-0.39, 0.29) is 0 Å². The van der Waals surface area contributed by atoms with Gasteiger partial charge >= 0.3 is 0 Å². The topological polar surface area (TPSA) is 65.0 Å². The second kappa shape index (κ2) is 10.9. The van der Waals surface area contributed by atoms with Gasteiger partial charge in [-0.05, 0) is 48.0 Å². The van der Waals surface area contributed by atoms with E-state index < -0.39 is 0 Å². The lowest BCUT2D eigenvalue weighted by atomic mass is 9.97. The zero-order valence-corrected chi connectivity index (χ0v) is 27.8. The van der Waals surface area contributed by atoms with E-state index in [1.807, 2.05) is 72.8 Å². The SMILES string of the molecule is c1ccc(-c2nc(-c3ccc4c(c3)sc3ccccc34)nc(-c3ccc4oc5cccc(-c6cccc7c6oc6ccccc67)c5c4c3)n2)cc1. The first-order valence-corrected chi connectivity index (χ1v) is 17.7. The molecular formula is C45H25N3O2S. The third-order valence-electron chi connectivity index (χ3n) is 9.75. The molecule has 0 aliphatic carbocycles. The second-order valence-corrected chi connectivity index (χ2v) is 13.8. The van der Waals surface area contributed by atoms with Gasteiger partial charge in [-0.15, -0.1) is 11.3 Å². The maximum Gasteiger partial charge on any atom is 0.164 e. The summed E-state index contributed by atoms with van der Waals surface area (Å²) in [7, 11) is 0. The standard InChI is InChI=1S/C45H25N3O2S/c1-2-10-26(11-3-1)43-46-44(48-45(47-43)28-20-22-31-30-13-5-7-19-39(30)51-40(31)25-28)27-21-23-37-35(24-27)41-32(14-9-18-38(41)49-37)34-16-8-15-33-29-12-4-6-17-36(29)50-42(33)34/h1-25H. The number of furan rings is 2. The van der Waals surface area contributed by atoms with Gasteiger partial charge in [-0.25, -0.2) is 15.0 Å². The molecule has 4 heterocycles. The predicted molar refractivity (Wildman–Crippen MR) is 209 cm³/mol. The molecule has 0 bridgehead atoms. The molecule has 0 unspecified atom stereocenters. The Bertz CT molecular complexity index is 3160. The van der Waals surface area contributed by atoms with Gasteiger partial charge < -0.3 is 8.83 Å². The number of fused-ring (bicyclic) bond motifs is 9. The van der Waals surface area contributed by atoms with Gasteiger partial charge in [0.05, 0.1) is 0 Å². The average Bonchev–Trinajstić information content (AvgIpc) is 3.88. The van der Waals surface area contributed by atoms with E-state index in [4.69, 9.17) is 23.8 Å². The van der Waals surface area contributed by atoms with Crippen molar-refractivity contribution in [3.63, 3.8) is 0 Å². The lowest BCUT2D eigenvalue weighted by Crippen LogP contribution is -2.00. The molecule has 238 valence electrons. The van der Waals surface area contributed by atoms with Crippen LogP contribution in [-0.2, 0) is 0 Å². The zero-order chi connectivity index (χ0) is 33.5. The maximum atomic E-state index is 6.47. The first kappa shape index (κ1) is 28.2. The summed E-state index contributed by atoms with van der Waals surface area (Å²) in [6.45, 7) is 0. The largest absolute Gasteiger partial charge is 0.456 e. The fourth-order valence-corrected chi connectivity index (χ4v) is 8.51. The maximum absolute atomic E-state index is 6.47. The van der Waals surface area contributed by atoms with Crippen molar-refractivity contribution in [3.05, 3.63) is 152 Å². The molecule has 0 spiro atoms.